The fourth-order valence-electron chi connectivity index (χ4n) is 1.79. The van der Waals surface area contributed by atoms with Crippen molar-refractivity contribution in [3.05, 3.63) is 29.8 Å². The average Bonchev–Trinajstić information content (AvgIpc) is 2.38. The summed E-state index contributed by atoms with van der Waals surface area (Å²) in [6, 6.07) is 8.09. The van der Waals surface area contributed by atoms with Gasteiger partial charge in [-0.25, -0.2) is 0 Å². The molecule has 0 aliphatic rings. The zero-order valence-electron chi connectivity index (χ0n) is 11.7. The van der Waals surface area contributed by atoms with Crippen molar-refractivity contribution in [1.29, 1.82) is 0 Å². The highest BCUT2D eigenvalue weighted by Crippen LogP contribution is 2.20. The number of hydrogen-bond acceptors (Lipinski definition) is 3. The van der Waals surface area contributed by atoms with E-state index in [1.165, 1.54) is 5.56 Å². The first kappa shape index (κ1) is 15.0. The van der Waals surface area contributed by atoms with Crippen molar-refractivity contribution >= 4 is 0 Å². The van der Waals surface area contributed by atoms with E-state index in [0.29, 0.717) is 0 Å². The molecule has 102 valence electrons. The molecule has 3 nitrogen and oxygen atoms in total. The molecule has 0 atom stereocenters. The fraction of sp³-hybridized carbons (Fsp3) is 0.600. The molecule has 0 unspecified atom stereocenters. The summed E-state index contributed by atoms with van der Waals surface area (Å²) in [5.74, 6) is 0.899. The summed E-state index contributed by atoms with van der Waals surface area (Å²) >= 11 is 0. The lowest BCUT2D eigenvalue weighted by Crippen LogP contribution is -2.20. The summed E-state index contributed by atoms with van der Waals surface area (Å²) in [5, 5.41) is 12.6. The van der Waals surface area contributed by atoms with Crippen molar-refractivity contribution in [3.63, 3.8) is 0 Å². The molecule has 0 heterocycles. The smallest absolute Gasteiger partial charge is 0.119 e. The minimum Gasteiger partial charge on any atom is -0.497 e. The van der Waals surface area contributed by atoms with Crippen LogP contribution in [0.5, 0.6) is 5.75 Å². The molecule has 0 amide bonds. The van der Waals surface area contributed by atoms with Crippen LogP contribution in [0.1, 0.15) is 32.3 Å². The molecule has 1 aromatic rings. The molecular weight excluding hydrogens is 226 g/mol. The van der Waals surface area contributed by atoms with Crippen molar-refractivity contribution in [3.8, 4) is 5.75 Å². The molecular formula is C15H25NO2. The van der Waals surface area contributed by atoms with Crippen LogP contribution < -0.4 is 10.1 Å². The second-order valence-corrected chi connectivity index (χ2v) is 5.45. The van der Waals surface area contributed by atoms with Gasteiger partial charge in [0.15, 0.2) is 0 Å². The Labute approximate surface area is 110 Å². The van der Waals surface area contributed by atoms with E-state index in [-0.39, 0.29) is 12.0 Å². The molecule has 18 heavy (non-hydrogen) atoms. The molecule has 0 bridgehead atoms. The highest BCUT2D eigenvalue weighted by atomic mass is 16.5. The maximum absolute atomic E-state index is 9.15. The van der Waals surface area contributed by atoms with E-state index in [9.17, 15) is 0 Å². The summed E-state index contributed by atoms with van der Waals surface area (Å²) in [7, 11) is 1.68. The Bertz CT molecular complexity index is 350. The number of rotatable bonds is 8. The van der Waals surface area contributed by atoms with E-state index >= 15 is 0 Å². The number of nitrogens with one attached hydrogen (secondary N) is 1. The van der Waals surface area contributed by atoms with Gasteiger partial charge in [-0.15, -0.1) is 0 Å². The summed E-state index contributed by atoms with van der Waals surface area (Å²) < 4.78 is 5.19. The Hall–Kier alpha value is -1.06. The van der Waals surface area contributed by atoms with E-state index in [1.807, 2.05) is 18.2 Å². The number of methoxy groups -OCH3 is 1. The molecule has 1 aromatic carbocycles. The zero-order chi connectivity index (χ0) is 13.4. The highest BCUT2D eigenvalue weighted by Gasteiger charge is 2.14. The zero-order valence-corrected chi connectivity index (χ0v) is 11.7. The van der Waals surface area contributed by atoms with Gasteiger partial charge >= 0.3 is 0 Å². The van der Waals surface area contributed by atoms with Gasteiger partial charge in [0.1, 0.15) is 5.75 Å². The third-order valence-electron chi connectivity index (χ3n) is 3.10. The number of hydrogen-bond donors (Lipinski definition) is 2. The second kappa shape index (κ2) is 7.39. The molecule has 0 aliphatic carbocycles. The van der Waals surface area contributed by atoms with Crippen LogP contribution in [0.4, 0.5) is 0 Å². The average molecular weight is 251 g/mol. The van der Waals surface area contributed by atoms with Gasteiger partial charge < -0.3 is 15.2 Å². The van der Waals surface area contributed by atoms with Gasteiger partial charge in [-0.05, 0) is 42.5 Å². The molecule has 3 heteroatoms. The number of aliphatic hydroxyl groups excluding tert-OH is 1. The van der Waals surface area contributed by atoms with Crippen molar-refractivity contribution in [2.24, 2.45) is 5.41 Å². The molecule has 2 N–H and O–H groups in total. The van der Waals surface area contributed by atoms with Crippen LogP contribution in [-0.4, -0.2) is 25.4 Å². The second-order valence-electron chi connectivity index (χ2n) is 5.45. The maximum Gasteiger partial charge on any atom is 0.119 e. The van der Waals surface area contributed by atoms with Crippen LogP contribution in [0.15, 0.2) is 24.3 Å². The van der Waals surface area contributed by atoms with E-state index in [0.717, 1.165) is 31.7 Å². The SMILES string of the molecule is COc1cccc(CNCCCC(C)(C)CO)c1. The Balaban J connectivity index is 2.21. The van der Waals surface area contributed by atoms with Gasteiger partial charge in [0.05, 0.1) is 7.11 Å². The van der Waals surface area contributed by atoms with Crippen molar-refractivity contribution in [2.75, 3.05) is 20.3 Å². The predicted molar refractivity (Wildman–Crippen MR) is 74.8 cm³/mol. The number of ether oxygens (including phenoxy) is 1. The molecule has 0 saturated carbocycles. The standard InChI is InChI=1S/C15H25NO2/c1-15(2,12-17)8-5-9-16-11-13-6-4-7-14(10-13)18-3/h4,6-7,10,16-17H,5,8-9,11-12H2,1-3H3. The van der Waals surface area contributed by atoms with E-state index in [4.69, 9.17) is 9.84 Å². The van der Waals surface area contributed by atoms with Crippen molar-refractivity contribution < 1.29 is 9.84 Å². The van der Waals surface area contributed by atoms with Gasteiger partial charge in [0, 0.05) is 13.2 Å². The normalized spacial score (nSPS) is 11.6. The fourth-order valence-corrected chi connectivity index (χ4v) is 1.79. The van der Waals surface area contributed by atoms with Crippen molar-refractivity contribution in [1.82, 2.24) is 5.32 Å². The molecule has 0 saturated heterocycles. The lowest BCUT2D eigenvalue weighted by Gasteiger charge is -2.21. The lowest BCUT2D eigenvalue weighted by atomic mass is 9.89. The Morgan fingerprint density at radius 3 is 2.78 bits per heavy atom. The third-order valence-corrected chi connectivity index (χ3v) is 3.10. The molecule has 0 fully saturated rings. The van der Waals surface area contributed by atoms with Crippen LogP contribution in [0.2, 0.25) is 0 Å². The van der Waals surface area contributed by atoms with E-state index in [2.05, 4.69) is 25.2 Å². The molecule has 0 aromatic heterocycles. The van der Waals surface area contributed by atoms with Gasteiger partial charge in [-0.2, -0.15) is 0 Å². The number of benzene rings is 1. The van der Waals surface area contributed by atoms with Crippen LogP contribution >= 0.6 is 0 Å². The molecule has 0 spiro atoms. The maximum atomic E-state index is 9.15. The Morgan fingerprint density at radius 1 is 1.33 bits per heavy atom. The van der Waals surface area contributed by atoms with Crippen LogP contribution in [-0.2, 0) is 6.54 Å². The van der Waals surface area contributed by atoms with Gasteiger partial charge in [0.2, 0.25) is 0 Å². The van der Waals surface area contributed by atoms with E-state index < -0.39 is 0 Å². The molecule has 0 aliphatic heterocycles. The van der Waals surface area contributed by atoms with Crippen molar-refractivity contribution in [2.45, 2.75) is 33.2 Å². The summed E-state index contributed by atoms with van der Waals surface area (Å²) in [6.45, 7) is 6.27. The Morgan fingerprint density at radius 2 is 2.11 bits per heavy atom. The van der Waals surface area contributed by atoms with Gasteiger partial charge in [-0.3, -0.25) is 0 Å². The highest BCUT2D eigenvalue weighted by molar-refractivity contribution is 5.28. The van der Waals surface area contributed by atoms with Gasteiger partial charge in [0.25, 0.3) is 0 Å². The van der Waals surface area contributed by atoms with Gasteiger partial charge in [-0.1, -0.05) is 26.0 Å². The number of aliphatic hydroxyl groups is 1. The lowest BCUT2D eigenvalue weighted by molar-refractivity contribution is 0.148. The van der Waals surface area contributed by atoms with E-state index in [1.54, 1.807) is 7.11 Å². The summed E-state index contributed by atoms with van der Waals surface area (Å²) in [4.78, 5) is 0. The first-order valence-corrected chi connectivity index (χ1v) is 6.52. The Kier molecular flexibility index (Phi) is 6.16. The largest absolute Gasteiger partial charge is 0.497 e. The minimum atomic E-state index is 0.0393. The predicted octanol–water partition coefficient (Wildman–Crippen LogP) is 2.58. The van der Waals surface area contributed by atoms with Crippen LogP contribution in [0, 0.1) is 5.41 Å². The minimum absolute atomic E-state index is 0.0393. The summed E-state index contributed by atoms with van der Waals surface area (Å²) in [6.07, 6.45) is 2.12. The third kappa shape index (κ3) is 5.52. The summed E-state index contributed by atoms with van der Waals surface area (Å²) in [5.41, 5.74) is 1.27. The quantitative estimate of drug-likeness (QED) is 0.698. The molecule has 1 rings (SSSR count). The monoisotopic (exact) mass is 251 g/mol. The first-order chi connectivity index (χ1) is 8.57. The van der Waals surface area contributed by atoms with Crippen LogP contribution in [0.3, 0.4) is 0 Å². The van der Waals surface area contributed by atoms with Crippen LogP contribution in [0.25, 0.3) is 0 Å². The topological polar surface area (TPSA) is 41.5 Å². The molecule has 0 radical (unpaired) electrons. The first-order valence-electron chi connectivity index (χ1n) is 6.52.